The number of carbonyl (C=O) groups excluding carboxylic acids is 4. The van der Waals surface area contributed by atoms with Gasteiger partial charge in [0.1, 0.15) is 23.9 Å². The predicted octanol–water partition coefficient (Wildman–Crippen LogP) is 2.74. The van der Waals surface area contributed by atoms with E-state index < -0.39 is 24.2 Å². The van der Waals surface area contributed by atoms with E-state index in [4.69, 9.17) is 0 Å². The number of nitrogens with one attached hydrogen (secondary N) is 2. The Morgan fingerprint density at radius 3 is 1.45 bits per heavy atom. The number of nitrogens with zero attached hydrogens (tertiary/aromatic N) is 3. The number of hydrogen-bond donors (Lipinski definition) is 3. The Balaban J connectivity index is 3.17. The van der Waals surface area contributed by atoms with E-state index >= 15 is 0 Å². The van der Waals surface area contributed by atoms with Gasteiger partial charge in [-0.25, -0.2) is 0 Å². The zero-order chi connectivity index (χ0) is 32.5. The van der Waals surface area contributed by atoms with Crippen molar-refractivity contribution in [2.24, 2.45) is 23.7 Å². The van der Waals surface area contributed by atoms with Gasteiger partial charge in [0.2, 0.25) is 23.6 Å². The number of likely N-dealkylation sites (N-methyl/N-ethyl adjacent to an activating group) is 4. The first-order valence-corrected chi connectivity index (χ1v) is 15.0. The van der Waals surface area contributed by atoms with Gasteiger partial charge in [-0.1, -0.05) is 67.5 Å². The van der Waals surface area contributed by atoms with Crippen molar-refractivity contribution in [3.05, 3.63) is 29.8 Å². The molecule has 10 nitrogen and oxygen atoms in total. The van der Waals surface area contributed by atoms with E-state index in [0.29, 0.717) is 13.0 Å². The molecular weight excluding hydrogens is 534 g/mol. The maximum absolute atomic E-state index is 14.0. The minimum Gasteiger partial charge on any atom is -0.508 e. The highest BCUT2D eigenvalue weighted by atomic mass is 16.3. The Hall–Kier alpha value is -3.14. The maximum Gasteiger partial charge on any atom is 0.246 e. The van der Waals surface area contributed by atoms with Crippen LogP contribution in [-0.2, 0) is 25.6 Å². The number of phenols is 1. The molecule has 0 aliphatic heterocycles. The number of amides is 4. The summed E-state index contributed by atoms with van der Waals surface area (Å²) in [5.74, 6) is -1.50. The van der Waals surface area contributed by atoms with Crippen LogP contribution in [-0.4, -0.2) is 102 Å². The summed E-state index contributed by atoms with van der Waals surface area (Å²) in [4.78, 5) is 59.0. The number of phenolic OH excluding ortho intramolecular Hbond substituents is 1. The summed E-state index contributed by atoms with van der Waals surface area (Å²) in [6, 6.07) is 4.03. The van der Waals surface area contributed by atoms with Crippen LogP contribution >= 0.6 is 0 Å². The lowest BCUT2D eigenvalue weighted by Crippen LogP contribution is -2.61. The van der Waals surface area contributed by atoms with Gasteiger partial charge in [-0.15, -0.1) is 0 Å². The Bertz CT molecular complexity index is 1040. The second kappa shape index (κ2) is 16.5. The van der Waals surface area contributed by atoms with Crippen LogP contribution in [0.15, 0.2) is 24.3 Å². The molecule has 0 fully saturated rings. The number of carbonyl (C=O) groups is 4. The smallest absolute Gasteiger partial charge is 0.246 e. The lowest BCUT2D eigenvalue weighted by molar-refractivity contribution is -0.155. The summed E-state index contributed by atoms with van der Waals surface area (Å²) < 4.78 is 0. The van der Waals surface area contributed by atoms with Gasteiger partial charge < -0.3 is 30.4 Å². The molecule has 0 aromatic heterocycles. The van der Waals surface area contributed by atoms with Crippen molar-refractivity contribution in [2.45, 2.75) is 86.0 Å². The lowest BCUT2D eigenvalue weighted by atomic mass is 9.94. The molecule has 1 aromatic carbocycles. The molecule has 1 aromatic rings. The third-order valence-corrected chi connectivity index (χ3v) is 7.86. The SMILES string of the molecule is CN[C@H](C(=O)N(C)[C@H](C(=O)N(C)[C@H](C(=O)N(C)[C@H](C(=O)NCCc1ccc(O)cc1)C(C)C)C(C)C)C(C)C)C(C)C. The first-order valence-electron chi connectivity index (χ1n) is 15.0. The van der Waals surface area contributed by atoms with E-state index in [1.54, 1.807) is 52.5 Å². The van der Waals surface area contributed by atoms with E-state index in [9.17, 15) is 24.3 Å². The molecule has 0 heterocycles. The minimum atomic E-state index is -0.830. The molecule has 0 unspecified atom stereocenters. The molecule has 4 amide bonds. The van der Waals surface area contributed by atoms with Crippen molar-refractivity contribution in [1.82, 2.24) is 25.3 Å². The van der Waals surface area contributed by atoms with Gasteiger partial charge in [-0.05, 0) is 54.8 Å². The molecule has 4 atom stereocenters. The summed E-state index contributed by atoms with van der Waals surface area (Å²) in [5.41, 5.74) is 0.969. The fourth-order valence-electron chi connectivity index (χ4n) is 5.61. The number of rotatable bonds is 15. The quantitative estimate of drug-likeness (QED) is 0.289. The van der Waals surface area contributed by atoms with Gasteiger partial charge in [0.25, 0.3) is 0 Å². The zero-order valence-corrected chi connectivity index (χ0v) is 27.8. The first kappa shape index (κ1) is 36.9. The summed E-state index contributed by atoms with van der Waals surface area (Å²) >= 11 is 0. The molecule has 0 saturated carbocycles. The number of hydrogen-bond acceptors (Lipinski definition) is 6. The van der Waals surface area contributed by atoms with Crippen LogP contribution in [0.3, 0.4) is 0 Å². The normalized spacial score (nSPS) is 14.5. The van der Waals surface area contributed by atoms with E-state index in [0.717, 1.165) is 5.56 Å². The molecule has 0 saturated heterocycles. The zero-order valence-electron chi connectivity index (χ0n) is 27.8. The first-order chi connectivity index (χ1) is 19.5. The van der Waals surface area contributed by atoms with Crippen LogP contribution in [0.1, 0.15) is 61.0 Å². The van der Waals surface area contributed by atoms with E-state index in [-0.39, 0.29) is 53.0 Å². The third kappa shape index (κ3) is 9.44. The minimum absolute atomic E-state index is 0.0319. The molecule has 0 spiro atoms. The number of aromatic hydroxyl groups is 1. The summed E-state index contributed by atoms with van der Waals surface area (Å²) in [5, 5.41) is 15.5. The molecule has 3 N–H and O–H groups in total. The Morgan fingerprint density at radius 1 is 0.667 bits per heavy atom. The molecule has 0 aliphatic rings. The second-order valence-corrected chi connectivity index (χ2v) is 12.6. The lowest BCUT2D eigenvalue weighted by Gasteiger charge is -2.41. The van der Waals surface area contributed by atoms with Gasteiger partial charge in [0, 0.05) is 27.7 Å². The van der Waals surface area contributed by atoms with Crippen molar-refractivity contribution in [3.8, 4) is 5.75 Å². The fourth-order valence-corrected chi connectivity index (χ4v) is 5.61. The molecule has 10 heteroatoms. The average molecular weight is 590 g/mol. The van der Waals surface area contributed by atoms with Crippen LogP contribution in [0.25, 0.3) is 0 Å². The number of benzene rings is 1. The highest BCUT2D eigenvalue weighted by Crippen LogP contribution is 2.22. The fraction of sp³-hybridized carbons (Fsp3) is 0.688. The van der Waals surface area contributed by atoms with Crippen molar-refractivity contribution in [3.63, 3.8) is 0 Å². The Kier molecular flexibility index (Phi) is 14.5. The van der Waals surface area contributed by atoms with Gasteiger partial charge in [0.05, 0.1) is 6.04 Å². The van der Waals surface area contributed by atoms with E-state index in [1.165, 1.54) is 14.7 Å². The van der Waals surface area contributed by atoms with Crippen LogP contribution in [0, 0.1) is 23.7 Å². The summed E-state index contributed by atoms with van der Waals surface area (Å²) in [7, 11) is 6.58. The van der Waals surface area contributed by atoms with Crippen molar-refractivity contribution in [1.29, 1.82) is 0 Å². The second-order valence-electron chi connectivity index (χ2n) is 12.6. The monoisotopic (exact) mass is 589 g/mol. The molecule has 0 bridgehead atoms. The highest BCUT2D eigenvalue weighted by molar-refractivity contribution is 5.95. The van der Waals surface area contributed by atoms with Crippen LogP contribution in [0.5, 0.6) is 5.75 Å². The van der Waals surface area contributed by atoms with Gasteiger partial charge in [-0.2, -0.15) is 0 Å². The van der Waals surface area contributed by atoms with E-state index in [2.05, 4.69) is 10.6 Å². The van der Waals surface area contributed by atoms with Crippen LogP contribution < -0.4 is 10.6 Å². The third-order valence-electron chi connectivity index (χ3n) is 7.86. The van der Waals surface area contributed by atoms with E-state index in [1.807, 2.05) is 55.4 Å². The van der Waals surface area contributed by atoms with Crippen molar-refractivity contribution < 1.29 is 24.3 Å². The molecule has 0 radical (unpaired) electrons. The van der Waals surface area contributed by atoms with Gasteiger partial charge in [0.15, 0.2) is 0 Å². The molecule has 0 aliphatic carbocycles. The van der Waals surface area contributed by atoms with Crippen molar-refractivity contribution >= 4 is 23.6 Å². The van der Waals surface area contributed by atoms with Crippen LogP contribution in [0.4, 0.5) is 0 Å². The topological polar surface area (TPSA) is 122 Å². The van der Waals surface area contributed by atoms with Crippen molar-refractivity contribution in [2.75, 3.05) is 34.7 Å². The Labute approximate surface area is 253 Å². The molecular formula is C32H55N5O5. The summed E-state index contributed by atoms with van der Waals surface area (Å²) in [6.07, 6.45) is 0.578. The van der Waals surface area contributed by atoms with Gasteiger partial charge in [-0.3, -0.25) is 19.2 Å². The Morgan fingerprint density at radius 2 is 1.07 bits per heavy atom. The summed E-state index contributed by atoms with van der Waals surface area (Å²) in [6.45, 7) is 15.6. The van der Waals surface area contributed by atoms with Gasteiger partial charge >= 0.3 is 0 Å². The predicted molar refractivity (Wildman–Crippen MR) is 167 cm³/mol. The average Bonchev–Trinajstić information content (AvgIpc) is 2.89. The van der Waals surface area contributed by atoms with Crippen LogP contribution in [0.2, 0.25) is 0 Å². The molecule has 238 valence electrons. The molecule has 42 heavy (non-hydrogen) atoms. The molecule has 1 rings (SSSR count). The maximum atomic E-state index is 14.0. The highest BCUT2D eigenvalue weighted by Gasteiger charge is 2.42. The largest absolute Gasteiger partial charge is 0.508 e. The standard InChI is InChI=1S/C32H55N5O5/c1-19(2)25(33-9)30(40)36(11)27(21(5)6)32(42)37(12)28(22(7)8)31(41)35(10)26(20(3)4)29(39)34-18-17-23-13-15-24(38)16-14-23/h13-16,19-22,25-28,33,38H,17-18H2,1-12H3,(H,34,39)/t25-,26-,27-,28-/m0/s1.